The Balaban J connectivity index is 1.66. The molecule has 124 valence electrons. The lowest BCUT2D eigenvalue weighted by atomic mass is 10.2. The van der Waals surface area contributed by atoms with Gasteiger partial charge in [-0.3, -0.25) is 4.21 Å². The van der Waals surface area contributed by atoms with Crippen molar-refractivity contribution in [2.24, 2.45) is 0 Å². The number of hydrogen-bond acceptors (Lipinski definition) is 2. The summed E-state index contributed by atoms with van der Waals surface area (Å²) >= 11 is 0. The van der Waals surface area contributed by atoms with Crippen LogP contribution in [0.3, 0.4) is 0 Å². The van der Waals surface area contributed by atoms with Crippen molar-refractivity contribution in [1.82, 2.24) is 9.78 Å². The Bertz CT molecular complexity index is 854. The summed E-state index contributed by atoms with van der Waals surface area (Å²) in [5, 5.41) is 4.46. The topological polar surface area (TPSA) is 34.9 Å². The molecule has 1 atom stereocenters. The van der Waals surface area contributed by atoms with Gasteiger partial charge in [0.2, 0.25) is 0 Å². The third-order valence-corrected chi connectivity index (χ3v) is 5.07. The summed E-state index contributed by atoms with van der Waals surface area (Å²) in [4.78, 5) is 0. The fraction of sp³-hybridized carbons (Fsp3) is 0.211. The third-order valence-electron chi connectivity index (χ3n) is 3.76. The maximum Gasteiger partial charge on any atom is 0.123 e. The fourth-order valence-corrected chi connectivity index (χ4v) is 3.86. The summed E-state index contributed by atoms with van der Waals surface area (Å²) in [6.45, 7) is 3.99. The predicted octanol–water partition coefficient (Wildman–Crippen LogP) is 4.08. The molecule has 0 N–H and O–H groups in total. The van der Waals surface area contributed by atoms with Crippen LogP contribution in [0.1, 0.15) is 22.5 Å². The second-order valence-corrected chi connectivity index (χ2v) is 7.32. The van der Waals surface area contributed by atoms with Gasteiger partial charge in [0, 0.05) is 28.0 Å². The number of benzene rings is 2. The molecule has 0 spiro atoms. The van der Waals surface area contributed by atoms with Crippen molar-refractivity contribution >= 4 is 10.8 Å². The molecule has 3 aromatic rings. The van der Waals surface area contributed by atoms with Gasteiger partial charge in [-0.15, -0.1) is 0 Å². The molecular formula is C19H19FN2OS. The standard InChI is InChI=1S/C19H19FN2OS/c1-14-11-15(2)22(21-14)19-9-5-17(6-10-19)13-24(23)12-16-3-7-18(20)8-4-16/h3-11H,12-13H2,1-2H3/t24-/m0/s1. The number of aryl methyl sites for hydroxylation is 2. The molecule has 3 rings (SSSR count). The van der Waals surface area contributed by atoms with Gasteiger partial charge in [-0.1, -0.05) is 24.3 Å². The molecule has 0 amide bonds. The Morgan fingerprint density at radius 1 is 0.958 bits per heavy atom. The lowest BCUT2D eigenvalue weighted by Crippen LogP contribution is -2.02. The first kappa shape index (κ1) is 16.6. The van der Waals surface area contributed by atoms with Gasteiger partial charge in [0.1, 0.15) is 5.82 Å². The fourth-order valence-electron chi connectivity index (χ4n) is 2.63. The number of rotatable bonds is 5. The molecule has 3 nitrogen and oxygen atoms in total. The van der Waals surface area contributed by atoms with Gasteiger partial charge >= 0.3 is 0 Å². The molecule has 0 aliphatic rings. The molecule has 2 aromatic carbocycles. The zero-order valence-corrected chi connectivity index (χ0v) is 14.5. The highest BCUT2D eigenvalue weighted by Crippen LogP contribution is 2.15. The molecule has 0 unspecified atom stereocenters. The normalized spacial score (nSPS) is 12.3. The highest BCUT2D eigenvalue weighted by atomic mass is 32.2. The van der Waals surface area contributed by atoms with E-state index >= 15 is 0 Å². The van der Waals surface area contributed by atoms with E-state index in [0.29, 0.717) is 11.5 Å². The number of aromatic nitrogens is 2. The van der Waals surface area contributed by atoms with Crippen molar-refractivity contribution in [1.29, 1.82) is 0 Å². The maximum absolute atomic E-state index is 12.9. The quantitative estimate of drug-likeness (QED) is 0.700. The van der Waals surface area contributed by atoms with Crippen molar-refractivity contribution in [2.75, 3.05) is 0 Å². The van der Waals surface area contributed by atoms with E-state index in [9.17, 15) is 8.60 Å². The number of hydrogen-bond donors (Lipinski definition) is 0. The molecule has 0 aliphatic heterocycles. The monoisotopic (exact) mass is 342 g/mol. The van der Waals surface area contributed by atoms with E-state index < -0.39 is 10.8 Å². The minimum Gasteiger partial charge on any atom is -0.259 e. The van der Waals surface area contributed by atoms with E-state index in [-0.39, 0.29) is 5.82 Å². The maximum atomic E-state index is 12.9. The summed E-state index contributed by atoms with van der Waals surface area (Å²) in [5.74, 6) is 0.637. The van der Waals surface area contributed by atoms with Crippen LogP contribution < -0.4 is 0 Å². The van der Waals surface area contributed by atoms with Crippen molar-refractivity contribution in [2.45, 2.75) is 25.4 Å². The van der Waals surface area contributed by atoms with Crippen LogP contribution in [-0.2, 0) is 22.3 Å². The van der Waals surface area contributed by atoms with Crippen molar-refractivity contribution in [3.05, 3.63) is 82.9 Å². The van der Waals surface area contributed by atoms with Gasteiger partial charge in [-0.25, -0.2) is 9.07 Å². The van der Waals surface area contributed by atoms with E-state index in [0.717, 1.165) is 28.2 Å². The van der Waals surface area contributed by atoms with E-state index in [4.69, 9.17) is 0 Å². The lowest BCUT2D eigenvalue weighted by molar-refractivity contribution is 0.627. The summed E-state index contributed by atoms with van der Waals surface area (Å²) < 4.78 is 27.1. The zero-order chi connectivity index (χ0) is 17.1. The number of halogens is 1. The Morgan fingerprint density at radius 2 is 1.50 bits per heavy atom. The Hall–Kier alpha value is -2.27. The van der Waals surface area contributed by atoms with Gasteiger partial charge in [-0.2, -0.15) is 5.10 Å². The van der Waals surface area contributed by atoms with Gasteiger partial charge in [0.05, 0.1) is 11.4 Å². The molecule has 0 saturated heterocycles. The Morgan fingerprint density at radius 3 is 2.00 bits per heavy atom. The second kappa shape index (κ2) is 7.09. The van der Waals surface area contributed by atoms with Crippen LogP contribution in [0.4, 0.5) is 4.39 Å². The van der Waals surface area contributed by atoms with Crippen LogP contribution >= 0.6 is 0 Å². The van der Waals surface area contributed by atoms with Gasteiger partial charge in [0.25, 0.3) is 0 Å². The minimum absolute atomic E-state index is 0.274. The molecule has 0 bridgehead atoms. The van der Waals surface area contributed by atoms with Crippen molar-refractivity contribution < 1.29 is 8.60 Å². The van der Waals surface area contributed by atoms with E-state index in [2.05, 4.69) is 5.10 Å². The highest BCUT2D eigenvalue weighted by molar-refractivity contribution is 7.83. The molecule has 0 fully saturated rings. The summed E-state index contributed by atoms with van der Waals surface area (Å²) in [6.07, 6.45) is 0. The van der Waals surface area contributed by atoms with Crippen LogP contribution in [0.5, 0.6) is 0 Å². The smallest absolute Gasteiger partial charge is 0.123 e. The summed E-state index contributed by atoms with van der Waals surface area (Å²) in [6, 6.07) is 16.1. The molecule has 0 aliphatic carbocycles. The summed E-state index contributed by atoms with van der Waals surface area (Å²) in [5.41, 5.74) is 4.96. The second-order valence-electron chi connectivity index (χ2n) is 5.86. The molecule has 24 heavy (non-hydrogen) atoms. The number of nitrogens with zero attached hydrogens (tertiary/aromatic N) is 2. The van der Waals surface area contributed by atoms with Gasteiger partial charge in [-0.05, 0) is 55.3 Å². The molecular weight excluding hydrogens is 323 g/mol. The van der Waals surface area contributed by atoms with Crippen LogP contribution in [0.25, 0.3) is 5.69 Å². The largest absolute Gasteiger partial charge is 0.259 e. The highest BCUT2D eigenvalue weighted by Gasteiger charge is 2.06. The van der Waals surface area contributed by atoms with E-state index in [1.807, 2.05) is 48.9 Å². The molecule has 0 radical (unpaired) electrons. The molecule has 1 aromatic heterocycles. The van der Waals surface area contributed by atoms with E-state index in [1.165, 1.54) is 12.1 Å². The van der Waals surface area contributed by atoms with Crippen LogP contribution in [-0.4, -0.2) is 14.0 Å². The van der Waals surface area contributed by atoms with Gasteiger partial charge in [0.15, 0.2) is 0 Å². The molecule has 5 heteroatoms. The predicted molar refractivity (Wildman–Crippen MR) is 95.0 cm³/mol. The molecule has 1 heterocycles. The first-order chi connectivity index (χ1) is 11.5. The first-order valence-corrected chi connectivity index (χ1v) is 9.22. The SMILES string of the molecule is Cc1cc(C)n(-c2ccc(C[S@@](=O)Cc3ccc(F)cc3)cc2)n1. The third kappa shape index (κ3) is 3.97. The first-order valence-electron chi connectivity index (χ1n) is 7.73. The minimum atomic E-state index is -1.02. The average molecular weight is 342 g/mol. The summed E-state index contributed by atoms with van der Waals surface area (Å²) in [7, 11) is -1.02. The van der Waals surface area contributed by atoms with Crippen LogP contribution in [0, 0.1) is 19.7 Å². The Labute approximate surface area is 143 Å². The van der Waals surface area contributed by atoms with Crippen LogP contribution in [0.15, 0.2) is 54.6 Å². The van der Waals surface area contributed by atoms with Crippen molar-refractivity contribution in [3.8, 4) is 5.69 Å². The van der Waals surface area contributed by atoms with Gasteiger partial charge < -0.3 is 0 Å². The lowest BCUT2D eigenvalue weighted by Gasteiger charge is -2.07. The average Bonchev–Trinajstić information content (AvgIpc) is 2.89. The van der Waals surface area contributed by atoms with Crippen LogP contribution in [0.2, 0.25) is 0 Å². The Kier molecular flexibility index (Phi) is 4.90. The zero-order valence-electron chi connectivity index (χ0n) is 13.7. The van der Waals surface area contributed by atoms with Crippen molar-refractivity contribution in [3.63, 3.8) is 0 Å². The van der Waals surface area contributed by atoms with E-state index in [1.54, 1.807) is 12.1 Å². The molecule has 0 saturated carbocycles.